The number of anilines is 1. The first-order valence-corrected chi connectivity index (χ1v) is 6.49. The predicted octanol–water partition coefficient (Wildman–Crippen LogP) is 0.908. The largest absolute Gasteiger partial charge is 0.315 e. The van der Waals surface area contributed by atoms with Crippen LogP contribution in [0.1, 0.15) is 30.4 Å². The number of amides is 2. The topological polar surface area (TPSA) is 75.4 Å². The molecule has 5 nitrogen and oxygen atoms in total. The molecule has 0 aromatic heterocycles. The van der Waals surface area contributed by atoms with Crippen LogP contribution in [0, 0.1) is 0 Å². The number of benzene rings is 1. The van der Waals surface area contributed by atoms with Gasteiger partial charge in [0, 0.05) is 25.6 Å². The number of carbonyl (C=O) groups excluding carboxylic acids is 2. The molecular weight excluding hydrogens is 242 g/mol. The van der Waals surface area contributed by atoms with Gasteiger partial charge in [0.25, 0.3) is 0 Å². The van der Waals surface area contributed by atoms with E-state index in [1.54, 1.807) is 4.90 Å². The van der Waals surface area contributed by atoms with E-state index in [0.29, 0.717) is 12.8 Å². The SMILES string of the molecule is CN1C(=O)CCc2cc(CCCC(=O)NN)ccc21. The van der Waals surface area contributed by atoms with Gasteiger partial charge in [-0.15, -0.1) is 0 Å². The zero-order chi connectivity index (χ0) is 13.8. The predicted molar refractivity (Wildman–Crippen MR) is 73.4 cm³/mol. The van der Waals surface area contributed by atoms with E-state index in [2.05, 4.69) is 11.5 Å². The molecular formula is C14H19N3O2. The first kappa shape index (κ1) is 13.5. The lowest BCUT2D eigenvalue weighted by Gasteiger charge is -2.26. The molecule has 1 aromatic rings. The molecule has 0 atom stereocenters. The molecule has 0 saturated heterocycles. The van der Waals surface area contributed by atoms with Gasteiger partial charge >= 0.3 is 0 Å². The molecule has 2 amide bonds. The van der Waals surface area contributed by atoms with E-state index in [1.165, 1.54) is 11.1 Å². The Labute approximate surface area is 112 Å². The van der Waals surface area contributed by atoms with E-state index in [9.17, 15) is 9.59 Å². The van der Waals surface area contributed by atoms with Crippen LogP contribution < -0.4 is 16.2 Å². The van der Waals surface area contributed by atoms with Crippen molar-refractivity contribution in [1.82, 2.24) is 5.43 Å². The van der Waals surface area contributed by atoms with Crippen LogP contribution in [-0.4, -0.2) is 18.9 Å². The second kappa shape index (κ2) is 5.84. The molecule has 0 spiro atoms. The van der Waals surface area contributed by atoms with Gasteiger partial charge in [0.1, 0.15) is 0 Å². The van der Waals surface area contributed by atoms with Gasteiger partial charge < -0.3 is 4.90 Å². The van der Waals surface area contributed by atoms with Crippen molar-refractivity contribution in [2.24, 2.45) is 5.84 Å². The molecule has 1 aliphatic rings. The van der Waals surface area contributed by atoms with Gasteiger partial charge in [0.05, 0.1) is 0 Å². The number of hydrogen-bond donors (Lipinski definition) is 2. The number of carbonyl (C=O) groups is 2. The Balaban J connectivity index is 2.01. The average molecular weight is 261 g/mol. The Hall–Kier alpha value is -1.88. The average Bonchev–Trinajstić information content (AvgIpc) is 2.43. The zero-order valence-corrected chi connectivity index (χ0v) is 11.1. The third kappa shape index (κ3) is 3.12. The molecule has 1 aromatic carbocycles. The van der Waals surface area contributed by atoms with Crippen LogP contribution in [0.4, 0.5) is 5.69 Å². The van der Waals surface area contributed by atoms with Gasteiger partial charge in [0.2, 0.25) is 11.8 Å². The fourth-order valence-corrected chi connectivity index (χ4v) is 2.39. The van der Waals surface area contributed by atoms with Gasteiger partial charge in [0.15, 0.2) is 0 Å². The number of aryl methyl sites for hydroxylation is 2. The van der Waals surface area contributed by atoms with E-state index in [-0.39, 0.29) is 11.8 Å². The molecule has 0 fully saturated rings. The smallest absolute Gasteiger partial charge is 0.233 e. The van der Waals surface area contributed by atoms with Crippen LogP contribution in [0.25, 0.3) is 0 Å². The van der Waals surface area contributed by atoms with Crippen molar-refractivity contribution in [1.29, 1.82) is 0 Å². The summed E-state index contributed by atoms with van der Waals surface area (Å²) < 4.78 is 0. The number of nitrogens with zero attached hydrogens (tertiary/aromatic N) is 1. The van der Waals surface area contributed by atoms with Gasteiger partial charge in [-0.25, -0.2) is 5.84 Å². The van der Waals surface area contributed by atoms with E-state index < -0.39 is 0 Å². The van der Waals surface area contributed by atoms with Crippen molar-refractivity contribution >= 4 is 17.5 Å². The maximum Gasteiger partial charge on any atom is 0.233 e. The number of nitrogens with two attached hydrogens (primary N) is 1. The van der Waals surface area contributed by atoms with Crippen molar-refractivity contribution in [3.05, 3.63) is 29.3 Å². The van der Waals surface area contributed by atoms with Crippen molar-refractivity contribution in [3.8, 4) is 0 Å². The molecule has 0 bridgehead atoms. The number of rotatable bonds is 4. The van der Waals surface area contributed by atoms with Crippen LogP contribution in [0.15, 0.2) is 18.2 Å². The van der Waals surface area contributed by atoms with Crippen molar-refractivity contribution in [3.63, 3.8) is 0 Å². The van der Waals surface area contributed by atoms with Crippen molar-refractivity contribution in [2.45, 2.75) is 32.1 Å². The molecule has 1 aliphatic heterocycles. The number of hydrogen-bond acceptors (Lipinski definition) is 3. The summed E-state index contributed by atoms with van der Waals surface area (Å²) in [7, 11) is 1.81. The highest BCUT2D eigenvalue weighted by Crippen LogP contribution is 2.27. The third-order valence-corrected chi connectivity index (χ3v) is 3.52. The van der Waals surface area contributed by atoms with Gasteiger partial charge in [-0.2, -0.15) is 0 Å². The fraction of sp³-hybridized carbons (Fsp3) is 0.429. The molecule has 0 saturated carbocycles. The van der Waals surface area contributed by atoms with Crippen molar-refractivity contribution < 1.29 is 9.59 Å². The van der Waals surface area contributed by atoms with E-state index in [1.807, 2.05) is 19.2 Å². The molecule has 1 heterocycles. The summed E-state index contributed by atoms with van der Waals surface area (Å²) in [5, 5.41) is 0. The third-order valence-electron chi connectivity index (χ3n) is 3.52. The first-order chi connectivity index (χ1) is 9.11. The molecule has 0 aliphatic carbocycles. The minimum atomic E-state index is -0.136. The molecule has 2 rings (SSSR count). The lowest BCUT2D eigenvalue weighted by molar-refractivity contribution is -0.121. The van der Waals surface area contributed by atoms with Crippen LogP contribution in [-0.2, 0) is 22.4 Å². The van der Waals surface area contributed by atoms with Gasteiger partial charge in [-0.05, 0) is 36.5 Å². The molecule has 0 radical (unpaired) electrons. The van der Waals surface area contributed by atoms with Crippen LogP contribution >= 0.6 is 0 Å². The van der Waals surface area contributed by atoms with Gasteiger partial charge in [-0.1, -0.05) is 12.1 Å². The molecule has 5 heteroatoms. The Morgan fingerprint density at radius 2 is 2.21 bits per heavy atom. The highest BCUT2D eigenvalue weighted by molar-refractivity contribution is 5.95. The lowest BCUT2D eigenvalue weighted by atomic mass is 9.97. The fourth-order valence-electron chi connectivity index (χ4n) is 2.39. The number of nitrogens with one attached hydrogen (secondary N) is 1. The van der Waals surface area contributed by atoms with Crippen molar-refractivity contribution in [2.75, 3.05) is 11.9 Å². The molecule has 3 N–H and O–H groups in total. The summed E-state index contributed by atoms with van der Waals surface area (Å²) in [6.45, 7) is 0. The maximum atomic E-state index is 11.6. The first-order valence-electron chi connectivity index (χ1n) is 6.49. The minimum absolute atomic E-state index is 0.136. The Morgan fingerprint density at radius 3 is 2.95 bits per heavy atom. The van der Waals surface area contributed by atoms with Crippen LogP contribution in [0.2, 0.25) is 0 Å². The van der Waals surface area contributed by atoms with Gasteiger partial charge in [-0.3, -0.25) is 15.0 Å². The monoisotopic (exact) mass is 261 g/mol. The standard InChI is InChI=1S/C14H19N3O2/c1-17-12-7-5-10(3-2-4-13(18)16-15)9-11(12)6-8-14(17)19/h5,7,9H,2-4,6,8,15H2,1H3,(H,16,18). The zero-order valence-electron chi connectivity index (χ0n) is 11.1. The highest BCUT2D eigenvalue weighted by Gasteiger charge is 2.20. The van der Waals surface area contributed by atoms with E-state index in [0.717, 1.165) is 24.9 Å². The molecule has 19 heavy (non-hydrogen) atoms. The summed E-state index contributed by atoms with van der Waals surface area (Å²) in [6.07, 6.45) is 3.43. The maximum absolute atomic E-state index is 11.6. The summed E-state index contributed by atoms with van der Waals surface area (Å²) >= 11 is 0. The second-order valence-electron chi connectivity index (χ2n) is 4.84. The lowest BCUT2D eigenvalue weighted by Crippen LogP contribution is -2.31. The molecule has 102 valence electrons. The Bertz CT molecular complexity index is 499. The summed E-state index contributed by atoms with van der Waals surface area (Å²) in [6, 6.07) is 6.15. The summed E-state index contributed by atoms with van der Waals surface area (Å²) in [5.74, 6) is 5.06. The second-order valence-corrected chi connectivity index (χ2v) is 4.84. The summed E-state index contributed by atoms with van der Waals surface area (Å²) in [4.78, 5) is 24.3. The Morgan fingerprint density at radius 1 is 1.42 bits per heavy atom. The quantitative estimate of drug-likeness (QED) is 0.480. The van der Waals surface area contributed by atoms with E-state index >= 15 is 0 Å². The van der Waals surface area contributed by atoms with Crippen LogP contribution in [0.5, 0.6) is 0 Å². The molecule has 0 unspecified atom stereocenters. The summed E-state index contributed by atoms with van der Waals surface area (Å²) in [5.41, 5.74) is 5.54. The highest BCUT2D eigenvalue weighted by atomic mass is 16.2. The number of fused-ring (bicyclic) bond motifs is 1. The van der Waals surface area contributed by atoms with Crippen LogP contribution in [0.3, 0.4) is 0 Å². The normalized spacial score (nSPS) is 14.2. The van der Waals surface area contributed by atoms with E-state index in [4.69, 9.17) is 5.84 Å². The Kier molecular flexibility index (Phi) is 4.16. The number of hydrazine groups is 1. The minimum Gasteiger partial charge on any atom is -0.315 e.